The first kappa shape index (κ1) is 32.1. The number of hydrogen-bond donors (Lipinski definition) is 2. The first-order chi connectivity index (χ1) is 20.3. The zero-order chi connectivity index (χ0) is 30.9. The Kier molecular flexibility index (Phi) is 9.68. The number of hydrogen-bond acceptors (Lipinski definition) is 6. The molecule has 5 rings (SSSR count). The van der Waals surface area contributed by atoms with E-state index in [1.165, 1.54) is 22.5 Å². The number of fused-ring (bicyclic) bond motifs is 2. The number of Topliss-reactive ketones (excluding diaryl/α,β-unsaturated/α-hetero) is 1. The van der Waals surface area contributed by atoms with E-state index in [0.29, 0.717) is 44.5 Å². The molecule has 3 aliphatic rings. The van der Waals surface area contributed by atoms with Crippen LogP contribution in [0.5, 0.6) is 0 Å². The van der Waals surface area contributed by atoms with E-state index in [-0.39, 0.29) is 48.3 Å². The average molecular weight is 622 g/mol. The average Bonchev–Trinajstić information content (AvgIpc) is 3.07. The van der Waals surface area contributed by atoms with Crippen LogP contribution in [-0.2, 0) is 32.4 Å². The van der Waals surface area contributed by atoms with Gasteiger partial charge in [0.1, 0.15) is 5.82 Å². The van der Waals surface area contributed by atoms with Crippen LogP contribution in [0.2, 0.25) is 0 Å². The van der Waals surface area contributed by atoms with Gasteiger partial charge in [-0.3, -0.25) is 4.79 Å². The molecule has 236 valence electrons. The predicted molar refractivity (Wildman–Crippen MR) is 159 cm³/mol. The summed E-state index contributed by atoms with van der Waals surface area (Å²) in [5.41, 5.74) is 7.42. The van der Waals surface area contributed by atoms with Gasteiger partial charge in [-0.15, -0.1) is 0 Å². The van der Waals surface area contributed by atoms with Gasteiger partial charge in [-0.05, 0) is 93.2 Å². The van der Waals surface area contributed by atoms with Gasteiger partial charge in [0.05, 0.1) is 17.4 Å². The van der Waals surface area contributed by atoms with Crippen LogP contribution in [0.4, 0.5) is 13.2 Å². The quantitative estimate of drug-likeness (QED) is 0.435. The Morgan fingerprint density at radius 1 is 1.14 bits per heavy atom. The molecule has 3 saturated heterocycles. The minimum atomic E-state index is -3.44. The SMILES string of the molecule is CC1(C)CC([C@H](c2ccc(F)cc2)[C@H](N)C(=O)Cc2ccc(F)c(F)c2CC[C@H]2CN[C@@H]3CCCS(=O)(=O)N2C3)CCO1. The number of nitrogens with one attached hydrogen (secondary N) is 1. The van der Waals surface area contributed by atoms with Crippen LogP contribution in [0.3, 0.4) is 0 Å². The second kappa shape index (κ2) is 13.0. The molecule has 2 unspecified atom stereocenters. The largest absolute Gasteiger partial charge is 0.376 e. The number of carbonyl (C=O) groups excluding carboxylic acids is 1. The maximum atomic E-state index is 15.3. The molecule has 3 aliphatic heterocycles. The first-order valence-corrected chi connectivity index (χ1v) is 16.8. The number of rotatable bonds is 9. The minimum absolute atomic E-state index is 0.00390. The third-order valence-electron chi connectivity index (χ3n) is 9.40. The Morgan fingerprint density at radius 2 is 1.88 bits per heavy atom. The van der Waals surface area contributed by atoms with Crippen molar-refractivity contribution in [2.75, 3.05) is 25.4 Å². The fraction of sp³-hybridized carbons (Fsp3) is 0.594. The lowest BCUT2D eigenvalue weighted by molar-refractivity contribution is -0.122. The zero-order valence-electron chi connectivity index (χ0n) is 24.8. The maximum Gasteiger partial charge on any atom is 0.214 e. The number of sulfonamides is 1. The third-order valence-corrected chi connectivity index (χ3v) is 11.4. The van der Waals surface area contributed by atoms with Crippen LogP contribution in [-0.4, -0.2) is 67.7 Å². The van der Waals surface area contributed by atoms with E-state index in [0.717, 1.165) is 18.1 Å². The van der Waals surface area contributed by atoms with Crippen molar-refractivity contribution < 1.29 is 31.1 Å². The summed E-state index contributed by atoms with van der Waals surface area (Å²) in [6.07, 6.45) is 2.84. The fourth-order valence-corrected chi connectivity index (χ4v) is 8.98. The Hall–Kier alpha value is -2.31. The number of ether oxygens (including phenoxy) is 1. The van der Waals surface area contributed by atoms with Gasteiger partial charge in [0.15, 0.2) is 17.4 Å². The van der Waals surface area contributed by atoms with E-state index < -0.39 is 51.1 Å². The van der Waals surface area contributed by atoms with E-state index in [9.17, 15) is 22.0 Å². The van der Waals surface area contributed by atoms with Crippen LogP contribution < -0.4 is 11.1 Å². The smallest absolute Gasteiger partial charge is 0.214 e. The van der Waals surface area contributed by atoms with E-state index >= 15 is 4.39 Å². The van der Waals surface area contributed by atoms with Crippen molar-refractivity contribution in [3.8, 4) is 0 Å². The molecule has 3 fully saturated rings. The van der Waals surface area contributed by atoms with E-state index in [2.05, 4.69) is 5.32 Å². The molecule has 11 heteroatoms. The highest BCUT2D eigenvalue weighted by Crippen LogP contribution is 2.40. The van der Waals surface area contributed by atoms with Gasteiger partial charge in [0, 0.05) is 44.1 Å². The van der Waals surface area contributed by atoms with Crippen LogP contribution >= 0.6 is 0 Å². The molecule has 0 spiro atoms. The molecule has 0 aliphatic carbocycles. The highest BCUT2D eigenvalue weighted by molar-refractivity contribution is 7.89. The summed E-state index contributed by atoms with van der Waals surface area (Å²) in [5.74, 6) is -3.11. The molecule has 2 bridgehead atoms. The monoisotopic (exact) mass is 621 g/mol. The summed E-state index contributed by atoms with van der Waals surface area (Å²) in [6.45, 7) is 5.28. The molecule has 0 amide bonds. The Bertz CT molecular complexity index is 1420. The second-order valence-corrected chi connectivity index (χ2v) is 15.0. The van der Waals surface area contributed by atoms with Crippen molar-refractivity contribution in [2.45, 2.75) is 88.4 Å². The van der Waals surface area contributed by atoms with Gasteiger partial charge >= 0.3 is 0 Å². The Labute approximate surface area is 252 Å². The summed E-state index contributed by atoms with van der Waals surface area (Å²) < 4.78 is 76.7. The lowest BCUT2D eigenvalue weighted by atomic mass is 9.72. The summed E-state index contributed by atoms with van der Waals surface area (Å²) in [4.78, 5) is 13.8. The van der Waals surface area contributed by atoms with Crippen molar-refractivity contribution in [2.24, 2.45) is 11.7 Å². The molecule has 0 saturated carbocycles. The molecule has 6 atom stereocenters. The van der Waals surface area contributed by atoms with Crippen molar-refractivity contribution in [3.63, 3.8) is 0 Å². The van der Waals surface area contributed by atoms with Gasteiger partial charge in [-0.2, -0.15) is 4.31 Å². The summed E-state index contributed by atoms with van der Waals surface area (Å²) in [6, 6.07) is 7.16. The highest BCUT2D eigenvalue weighted by atomic mass is 32.2. The van der Waals surface area contributed by atoms with Gasteiger partial charge in [-0.25, -0.2) is 21.6 Å². The lowest BCUT2D eigenvalue weighted by Gasteiger charge is -2.41. The minimum Gasteiger partial charge on any atom is -0.376 e. The molecular weight excluding hydrogens is 579 g/mol. The highest BCUT2D eigenvalue weighted by Gasteiger charge is 2.40. The number of ketones is 1. The zero-order valence-corrected chi connectivity index (χ0v) is 25.6. The van der Waals surface area contributed by atoms with Gasteiger partial charge in [0.25, 0.3) is 0 Å². The van der Waals surface area contributed by atoms with Crippen LogP contribution in [0, 0.1) is 23.4 Å². The molecule has 2 aromatic carbocycles. The van der Waals surface area contributed by atoms with Gasteiger partial charge < -0.3 is 15.8 Å². The Balaban J connectivity index is 1.37. The van der Waals surface area contributed by atoms with Gasteiger partial charge in [-0.1, -0.05) is 18.2 Å². The number of nitrogens with zero attached hydrogens (tertiary/aromatic N) is 1. The molecular formula is C32H42F3N3O4S. The number of piperazine rings is 1. The van der Waals surface area contributed by atoms with Crippen molar-refractivity contribution >= 4 is 15.8 Å². The van der Waals surface area contributed by atoms with Crippen molar-refractivity contribution in [1.29, 1.82) is 0 Å². The Morgan fingerprint density at radius 3 is 2.60 bits per heavy atom. The lowest BCUT2D eigenvalue weighted by Crippen LogP contribution is -2.57. The van der Waals surface area contributed by atoms with E-state index in [1.807, 2.05) is 13.8 Å². The molecule has 3 heterocycles. The van der Waals surface area contributed by atoms with Crippen molar-refractivity contribution in [3.05, 3.63) is 70.5 Å². The normalized spacial score (nSPS) is 28.0. The maximum absolute atomic E-state index is 15.3. The number of nitrogens with two attached hydrogens (primary N) is 1. The standard InChI is InChI=1S/C32H42F3N3O4S/c1-32(2)17-22(13-14-42-32)29(20-5-8-23(33)9-6-20)31(36)28(39)16-21-7-12-27(34)30(35)26(21)11-10-25-18-37-24-4-3-15-43(40,41)38(25)19-24/h5-9,12,22,24-25,29,31,37H,3-4,10-11,13-19,36H2,1-2H3/t22?,24-,25+,29+,31-/m1/s1. The van der Waals surface area contributed by atoms with E-state index in [1.54, 1.807) is 12.1 Å². The fourth-order valence-electron chi connectivity index (χ4n) is 7.17. The number of benzene rings is 2. The molecule has 0 radical (unpaired) electrons. The molecule has 3 N–H and O–H groups in total. The first-order valence-electron chi connectivity index (χ1n) is 15.2. The summed E-state index contributed by atoms with van der Waals surface area (Å²) in [5, 5.41) is 3.39. The van der Waals surface area contributed by atoms with Crippen LogP contribution in [0.1, 0.15) is 68.6 Å². The third kappa shape index (κ3) is 7.33. The molecule has 0 aromatic heterocycles. The second-order valence-electron chi connectivity index (χ2n) is 12.9. The number of carbonyl (C=O) groups is 1. The molecule has 43 heavy (non-hydrogen) atoms. The van der Waals surface area contributed by atoms with Crippen LogP contribution in [0.25, 0.3) is 0 Å². The number of halogens is 3. The summed E-state index contributed by atoms with van der Waals surface area (Å²) in [7, 11) is -3.44. The predicted octanol–water partition coefficient (Wildman–Crippen LogP) is 4.23. The molecule has 2 aromatic rings. The van der Waals surface area contributed by atoms with Gasteiger partial charge in [0.2, 0.25) is 10.0 Å². The van der Waals surface area contributed by atoms with Crippen molar-refractivity contribution in [1.82, 2.24) is 9.62 Å². The van der Waals surface area contributed by atoms with E-state index in [4.69, 9.17) is 10.5 Å². The topological polar surface area (TPSA) is 102 Å². The molecule has 7 nitrogen and oxygen atoms in total. The van der Waals surface area contributed by atoms with Crippen LogP contribution in [0.15, 0.2) is 36.4 Å². The summed E-state index contributed by atoms with van der Waals surface area (Å²) >= 11 is 0.